The fourth-order valence-electron chi connectivity index (χ4n) is 3.76. The number of benzene rings is 1. The molecule has 1 heterocycles. The molecule has 3 unspecified atom stereocenters. The van der Waals surface area contributed by atoms with Gasteiger partial charge in [-0.2, -0.15) is 0 Å². The van der Waals surface area contributed by atoms with Gasteiger partial charge >= 0.3 is 0 Å². The zero-order valence-corrected chi connectivity index (χ0v) is 15.4. The number of hydrogen-bond donors (Lipinski definition) is 1. The number of likely N-dealkylation sites (N-methyl/N-ethyl adjacent to an activating group) is 1. The second-order valence-corrected chi connectivity index (χ2v) is 7.59. The number of piperazine rings is 1. The largest absolute Gasteiger partial charge is 0.356 e. The Morgan fingerprint density at radius 3 is 2.48 bits per heavy atom. The maximum absolute atomic E-state index is 13.0. The van der Waals surface area contributed by atoms with Gasteiger partial charge in [0.05, 0.1) is 0 Å². The molecule has 25 heavy (non-hydrogen) atoms. The number of amides is 1. The lowest BCUT2D eigenvalue weighted by Gasteiger charge is -2.35. The minimum absolute atomic E-state index is 0.0609. The summed E-state index contributed by atoms with van der Waals surface area (Å²) in [6.45, 7) is 11.9. The van der Waals surface area contributed by atoms with Crippen LogP contribution in [0.4, 0.5) is 4.39 Å². The zero-order chi connectivity index (χ0) is 17.8. The van der Waals surface area contributed by atoms with E-state index >= 15 is 0 Å². The Hall–Kier alpha value is -1.46. The summed E-state index contributed by atoms with van der Waals surface area (Å²) in [5.41, 5.74) is 1.07. The van der Waals surface area contributed by atoms with E-state index in [9.17, 15) is 9.18 Å². The van der Waals surface area contributed by atoms with Crippen molar-refractivity contribution >= 4 is 5.91 Å². The number of hydrogen-bond acceptors (Lipinski definition) is 3. The van der Waals surface area contributed by atoms with Crippen molar-refractivity contribution in [2.45, 2.75) is 26.2 Å². The van der Waals surface area contributed by atoms with E-state index in [1.807, 2.05) is 0 Å². The van der Waals surface area contributed by atoms with Crippen molar-refractivity contribution in [2.75, 3.05) is 45.8 Å². The van der Waals surface area contributed by atoms with Gasteiger partial charge in [0.2, 0.25) is 5.91 Å². The lowest BCUT2D eigenvalue weighted by molar-refractivity contribution is -0.122. The van der Waals surface area contributed by atoms with Crippen molar-refractivity contribution in [3.8, 4) is 0 Å². The van der Waals surface area contributed by atoms with Crippen LogP contribution in [-0.2, 0) is 4.79 Å². The van der Waals surface area contributed by atoms with E-state index in [0.717, 1.165) is 57.8 Å². The molecule has 5 heteroatoms. The van der Waals surface area contributed by atoms with Gasteiger partial charge in [-0.15, -0.1) is 0 Å². The molecule has 1 N–H and O–H groups in total. The van der Waals surface area contributed by atoms with Crippen molar-refractivity contribution in [1.29, 1.82) is 0 Å². The Morgan fingerprint density at radius 2 is 1.84 bits per heavy atom. The molecule has 0 aromatic heterocycles. The number of carbonyl (C=O) groups excluding carboxylic acids is 1. The topological polar surface area (TPSA) is 35.6 Å². The Labute approximate surface area is 150 Å². The molecule has 2 aliphatic rings. The highest BCUT2D eigenvalue weighted by molar-refractivity contribution is 5.82. The molecule has 3 rings (SSSR count). The van der Waals surface area contributed by atoms with Crippen LogP contribution in [0.5, 0.6) is 0 Å². The van der Waals surface area contributed by atoms with Crippen LogP contribution in [0.2, 0.25) is 0 Å². The molecule has 1 aliphatic carbocycles. The van der Waals surface area contributed by atoms with Gasteiger partial charge in [0.15, 0.2) is 0 Å². The maximum Gasteiger partial charge on any atom is 0.223 e. The number of halogens is 1. The summed E-state index contributed by atoms with van der Waals surface area (Å²) in [5.74, 6) is 0.708. The van der Waals surface area contributed by atoms with Gasteiger partial charge in [-0.3, -0.25) is 4.79 Å². The molecule has 0 radical (unpaired) electrons. The van der Waals surface area contributed by atoms with Gasteiger partial charge in [0, 0.05) is 45.2 Å². The van der Waals surface area contributed by atoms with Gasteiger partial charge in [-0.05, 0) is 42.5 Å². The van der Waals surface area contributed by atoms with Crippen molar-refractivity contribution in [3.05, 3.63) is 35.6 Å². The number of nitrogens with one attached hydrogen (secondary N) is 1. The van der Waals surface area contributed by atoms with Gasteiger partial charge < -0.3 is 15.1 Å². The van der Waals surface area contributed by atoms with Gasteiger partial charge in [-0.1, -0.05) is 26.0 Å². The molecule has 0 bridgehead atoms. The zero-order valence-electron chi connectivity index (χ0n) is 15.4. The summed E-state index contributed by atoms with van der Waals surface area (Å²) in [5, 5.41) is 3.11. The molecule has 1 amide bonds. The number of carbonyl (C=O) groups is 1. The quantitative estimate of drug-likeness (QED) is 0.822. The normalized spacial score (nSPS) is 25.6. The van der Waals surface area contributed by atoms with Crippen LogP contribution in [0.1, 0.15) is 31.7 Å². The second kappa shape index (κ2) is 8.28. The molecular weight excluding hydrogens is 317 g/mol. The number of rotatable bonds is 7. The van der Waals surface area contributed by atoms with Crippen molar-refractivity contribution in [3.63, 3.8) is 0 Å². The lowest BCUT2D eigenvalue weighted by atomic mass is 10.1. The molecule has 1 aliphatic heterocycles. The van der Waals surface area contributed by atoms with Crippen molar-refractivity contribution in [2.24, 2.45) is 11.8 Å². The predicted octanol–water partition coefficient (Wildman–Crippen LogP) is 2.32. The van der Waals surface area contributed by atoms with Crippen LogP contribution in [0, 0.1) is 17.7 Å². The predicted molar refractivity (Wildman–Crippen MR) is 98.0 cm³/mol. The first-order chi connectivity index (χ1) is 12.1. The molecule has 4 nitrogen and oxygen atoms in total. The van der Waals surface area contributed by atoms with E-state index in [-0.39, 0.29) is 23.6 Å². The third kappa shape index (κ3) is 5.02. The van der Waals surface area contributed by atoms with E-state index in [1.54, 1.807) is 12.1 Å². The summed E-state index contributed by atoms with van der Waals surface area (Å²) in [6, 6.07) is 6.55. The fourth-order valence-corrected chi connectivity index (χ4v) is 3.76. The summed E-state index contributed by atoms with van der Waals surface area (Å²) in [6.07, 6.45) is 0.880. The van der Waals surface area contributed by atoms with E-state index in [1.165, 1.54) is 12.1 Å². The van der Waals surface area contributed by atoms with Gasteiger partial charge in [-0.25, -0.2) is 4.39 Å². The summed E-state index contributed by atoms with van der Waals surface area (Å²) >= 11 is 0. The molecule has 1 saturated heterocycles. The monoisotopic (exact) mass is 347 g/mol. The Bertz CT molecular complexity index is 569. The van der Waals surface area contributed by atoms with Crippen LogP contribution < -0.4 is 5.32 Å². The standard InChI is InChI=1S/C20H30FN3O/c1-3-23-8-10-24(11-9-23)14-15(2)13-22-20(25)19-12-18(19)16-4-6-17(21)7-5-16/h4-7,15,18-19H,3,8-14H2,1-2H3,(H,22,25). The van der Waals surface area contributed by atoms with Gasteiger partial charge in [0.25, 0.3) is 0 Å². The minimum atomic E-state index is -0.223. The van der Waals surface area contributed by atoms with Crippen LogP contribution in [0.15, 0.2) is 24.3 Å². The summed E-state index contributed by atoms with van der Waals surface area (Å²) in [7, 11) is 0. The Morgan fingerprint density at radius 1 is 1.20 bits per heavy atom. The Balaban J connectivity index is 1.36. The number of nitrogens with zero attached hydrogens (tertiary/aromatic N) is 2. The smallest absolute Gasteiger partial charge is 0.223 e. The minimum Gasteiger partial charge on any atom is -0.356 e. The molecular formula is C20H30FN3O. The first-order valence-corrected chi connectivity index (χ1v) is 9.54. The molecule has 1 saturated carbocycles. The summed E-state index contributed by atoms with van der Waals surface area (Å²) in [4.78, 5) is 17.3. The lowest BCUT2D eigenvalue weighted by Crippen LogP contribution is -2.48. The first kappa shape index (κ1) is 18.3. The molecule has 2 fully saturated rings. The summed E-state index contributed by atoms with van der Waals surface area (Å²) < 4.78 is 13.0. The maximum atomic E-state index is 13.0. The van der Waals surface area contributed by atoms with Crippen LogP contribution >= 0.6 is 0 Å². The average Bonchev–Trinajstić information content (AvgIpc) is 3.42. The average molecular weight is 347 g/mol. The van der Waals surface area contributed by atoms with E-state index in [4.69, 9.17) is 0 Å². The van der Waals surface area contributed by atoms with Gasteiger partial charge in [0.1, 0.15) is 5.82 Å². The third-order valence-corrected chi connectivity index (χ3v) is 5.53. The SMILES string of the molecule is CCN1CCN(CC(C)CNC(=O)C2CC2c2ccc(F)cc2)CC1. The van der Waals surface area contributed by atoms with Crippen LogP contribution in [0.3, 0.4) is 0 Å². The first-order valence-electron chi connectivity index (χ1n) is 9.54. The highest BCUT2D eigenvalue weighted by atomic mass is 19.1. The van der Waals surface area contributed by atoms with Crippen molar-refractivity contribution < 1.29 is 9.18 Å². The third-order valence-electron chi connectivity index (χ3n) is 5.53. The molecule has 0 spiro atoms. The van der Waals surface area contributed by atoms with E-state index in [0.29, 0.717) is 5.92 Å². The molecule has 3 atom stereocenters. The fraction of sp³-hybridized carbons (Fsp3) is 0.650. The molecule has 1 aromatic carbocycles. The molecule has 1 aromatic rings. The van der Waals surface area contributed by atoms with Crippen molar-refractivity contribution in [1.82, 2.24) is 15.1 Å². The molecule has 138 valence electrons. The van der Waals surface area contributed by atoms with Crippen LogP contribution in [0.25, 0.3) is 0 Å². The second-order valence-electron chi connectivity index (χ2n) is 7.59. The van der Waals surface area contributed by atoms with Crippen LogP contribution in [-0.4, -0.2) is 61.5 Å². The highest BCUT2D eigenvalue weighted by Crippen LogP contribution is 2.47. The van der Waals surface area contributed by atoms with E-state index < -0.39 is 0 Å². The van der Waals surface area contributed by atoms with E-state index in [2.05, 4.69) is 29.0 Å². The Kier molecular flexibility index (Phi) is 6.07. The highest BCUT2D eigenvalue weighted by Gasteiger charge is 2.43.